The number of rotatable bonds is 4. The summed E-state index contributed by atoms with van der Waals surface area (Å²) in [7, 11) is -1.41. The second kappa shape index (κ2) is 4.31. The van der Waals surface area contributed by atoms with Crippen molar-refractivity contribution in [1.29, 1.82) is 0 Å². The molecule has 0 unspecified atom stereocenters. The van der Waals surface area contributed by atoms with Crippen molar-refractivity contribution in [2.24, 2.45) is 11.7 Å². The van der Waals surface area contributed by atoms with Crippen LogP contribution in [0.15, 0.2) is 24.3 Å². The standard InChI is InChI=1S/C12H17NO3S/c1-16-9-5-3-8(4-6-9)11-10(7-13)12(11)17(2,14)15/h3-6,10-12H,7,13H2,1-2H3/t10-,11-,12-/m0/s1. The Morgan fingerprint density at radius 2 is 1.88 bits per heavy atom. The molecule has 1 aromatic rings. The molecule has 2 rings (SSSR count). The fourth-order valence-corrected chi connectivity index (χ4v) is 4.19. The number of benzene rings is 1. The van der Waals surface area contributed by atoms with E-state index in [2.05, 4.69) is 0 Å². The van der Waals surface area contributed by atoms with Crippen molar-refractivity contribution in [3.8, 4) is 5.75 Å². The molecule has 2 N–H and O–H groups in total. The maximum absolute atomic E-state index is 11.6. The van der Waals surface area contributed by atoms with Crippen LogP contribution in [-0.4, -0.2) is 33.6 Å². The minimum atomic E-state index is -3.02. The van der Waals surface area contributed by atoms with Crippen LogP contribution in [0.25, 0.3) is 0 Å². The van der Waals surface area contributed by atoms with Crippen molar-refractivity contribution in [1.82, 2.24) is 0 Å². The third kappa shape index (κ3) is 2.30. The fraction of sp³-hybridized carbons (Fsp3) is 0.500. The Balaban J connectivity index is 2.23. The number of sulfone groups is 1. The van der Waals surface area contributed by atoms with Crippen molar-refractivity contribution < 1.29 is 13.2 Å². The Morgan fingerprint density at radius 3 is 2.24 bits per heavy atom. The van der Waals surface area contributed by atoms with Gasteiger partial charge in [0, 0.05) is 12.2 Å². The van der Waals surface area contributed by atoms with E-state index in [9.17, 15) is 8.42 Å². The van der Waals surface area contributed by atoms with Crippen molar-refractivity contribution in [2.75, 3.05) is 19.9 Å². The lowest BCUT2D eigenvalue weighted by atomic mass is 10.1. The van der Waals surface area contributed by atoms with Gasteiger partial charge in [0.15, 0.2) is 9.84 Å². The lowest BCUT2D eigenvalue weighted by molar-refractivity contribution is 0.414. The van der Waals surface area contributed by atoms with Gasteiger partial charge in [-0.05, 0) is 30.2 Å². The van der Waals surface area contributed by atoms with Gasteiger partial charge in [-0.25, -0.2) is 8.42 Å². The molecule has 0 bridgehead atoms. The van der Waals surface area contributed by atoms with Gasteiger partial charge < -0.3 is 10.5 Å². The fourth-order valence-electron chi connectivity index (χ4n) is 2.47. The minimum Gasteiger partial charge on any atom is -0.497 e. The van der Waals surface area contributed by atoms with E-state index < -0.39 is 9.84 Å². The monoisotopic (exact) mass is 255 g/mol. The summed E-state index contributed by atoms with van der Waals surface area (Å²) >= 11 is 0. The molecule has 0 radical (unpaired) electrons. The largest absolute Gasteiger partial charge is 0.497 e. The normalized spacial score (nSPS) is 27.8. The Kier molecular flexibility index (Phi) is 3.14. The van der Waals surface area contributed by atoms with Crippen LogP contribution < -0.4 is 10.5 Å². The van der Waals surface area contributed by atoms with Crippen molar-refractivity contribution in [3.05, 3.63) is 29.8 Å². The molecular formula is C12H17NO3S. The van der Waals surface area contributed by atoms with Crippen LogP contribution in [-0.2, 0) is 9.84 Å². The van der Waals surface area contributed by atoms with Crippen LogP contribution in [0.3, 0.4) is 0 Å². The zero-order chi connectivity index (χ0) is 12.6. The highest BCUT2D eigenvalue weighted by Crippen LogP contribution is 2.51. The van der Waals surface area contributed by atoms with Gasteiger partial charge in [0.05, 0.1) is 12.4 Å². The van der Waals surface area contributed by atoms with E-state index in [1.807, 2.05) is 24.3 Å². The molecule has 1 fully saturated rings. The summed E-state index contributed by atoms with van der Waals surface area (Å²) in [5.74, 6) is 0.869. The molecule has 1 aliphatic carbocycles. The second-order valence-electron chi connectivity index (χ2n) is 4.49. The van der Waals surface area contributed by atoms with E-state index in [-0.39, 0.29) is 17.1 Å². The topological polar surface area (TPSA) is 69.4 Å². The molecular weight excluding hydrogens is 238 g/mol. The highest BCUT2D eigenvalue weighted by atomic mass is 32.2. The molecule has 1 aliphatic rings. The van der Waals surface area contributed by atoms with Crippen molar-refractivity contribution >= 4 is 9.84 Å². The Bertz CT molecular complexity index is 495. The molecule has 1 aromatic carbocycles. The third-order valence-corrected chi connectivity index (χ3v) is 5.00. The van der Waals surface area contributed by atoms with E-state index >= 15 is 0 Å². The first-order valence-corrected chi connectivity index (χ1v) is 7.47. The van der Waals surface area contributed by atoms with Crippen LogP contribution in [0.5, 0.6) is 5.75 Å². The molecule has 0 amide bonds. The molecule has 0 aliphatic heterocycles. The highest BCUT2D eigenvalue weighted by molar-refractivity contribution is 7.91. The highest BCUT2D eigenvalue weighted by Gasteiger charge is 2.55. The lowest BCUT2D eigenvalue weighted by Gasteiger charge is -2.02. The average Bonchev–Trinajstić information content (AvgIpc) is 3.03. The average molecular weight is 255 g/mol. The Labute approximate surface area is 102 Å². The van der Waals surface area contributed by atoms with E-state index in [0.717, 1.165) is 11.3 Å². The van der Waals surface area contributed by atoms with Crippen LogP contribution in [0.4, 0.5) is 0 Å². The number of hydrogen-bond donors (Lipinski definition) is 1. The first-order chi connectivity index (χ1) is 7.99. The zero-order valence-electron chi connectivity index (χ0n) is 9.96. The Hall–Kier alpha value is -1.07. The van der Waals surface area contributed by atoms with Gasteiger partial charge in [0.25, 0.3) is 0 Å². The number of nitrogens with two attached hydrogens (primary N) is 1. The summed E-state index contributed by atoms with van der Waals surface area (Å²) in [6.45, 7) is 0.411. The molecule has 0 aromatic heterocycles. The van der Waals surface area contributed by atoms with Gasteiger partial charge in [0.1, 0.15) is 5.75 Å². The van der Waals surface area contributed by atoms with E-state index in [4.69, 9.17) is 10.5 Å². The molecule has 0 spiro atoms. The summed E-state index contributed by atoms with van der Waals surface area (Å²) in [4.78, 5) is 0. The van der Waals surface area contributed by atoms with Gasteiger partial charge >= 0.3 is 0 Å². The van der Waals surface area contributed by atoms with Gasteiger partial charge in [-0.2, -0.15) is 0 Å². The summed E-state index contributed by atoms with van der Waals surface area (Å²) in [5, 5.41) is -0.319. The molecule has 17 heavy (non-hydrogen) atoms. The smallest absolute Gasteiger partial charge is 0.151 e. The van der Waals surface area contributed by atoms with Crippen molar-refractivity contribution in [2.45, 2.75) is 11.2 Å². The number of ether oxygens (including phenoxy) is 1. The van der Waals surface area contributed by atoms with Crippen LogP contribution in [0, 0.1) is 5.92 Å². The van der Waals surface area contributed by atoms with Gasteiger partial charge in [-0.1, -0.05) is 12.1 Å². The summed E-state index contributed by atoms with van der Waals surface area (Å²) < 4.78 is 28.3. The summed E-state index contributed by atoms with van der Waals surface area (Å²) in [6, 6.07) is 7.52. The minimum absolute atomic E-state index is 0.0425. The molecule has 94 valence electrons. The van der Waals surface area contributed by atoms with Crippen LogP contribution in [0.2, 0.25) is 0 Å². The third-order valence-electron chi connectivity index (χ3n) is 3.36. The van der Waals surface area contributed by atoms with Gasteiger partial charge in [-0.3, -0.25) is 0 Å². The van der Waals surface area contributed by atoms with Crippen LogP contribution in [0.1, 0.15) is 11.5 Å². The van der Waals surface area contributed by atoms with Crippen molar-refractivity contribution in [3.63, 3.8) is 0 Å². The maximum Gasteiger partial charge on any atom is 0.151 e. The summed E-state index contributed by atoms with van der Waals surface area (Å²) in [6.07, 6.45) is 1.28. The predicted molar refractivity (Wildman–Crippen MR) is 66.9 cm³/mol. The van der Waals surface area contributed by atoms with Crippen LogP contribution >= 0.6 is 0 Å². The first kappa shape index (κ1) is 12.4. The predicted octanol–water partition coefficient (Wildman–Crippen LogP) is 0.780. The summed E-state index contributed by atoms with van der Waals surface area (Å²) in [5.41, 5.74) is 6.64. The van der Waals surface area contributed by atoms with E-state index in [1.165, 1.54) is 6.26 Å². The van der Waals surface area contributed by atoms with Gasteiger partial charge in [0.2, 0.25) is 0 Å². The lowest BCUT2D eigenvalue weighted by Crippen LogP contribution is -2.11. The molecule has 4 nitrogen and oxygen atoms in total. The van der Waals surface area contributed by atoms with E-state index in [1.54, 1.807) is 7.11 Å². The molecule has 3 atom stereocenters. The SMILES string of the molecule is COc1ccc([C@H]2[C@H](CN)[C@@H]2S(C)(=O)=O)cc1. The number of methoxy groups -OCH3 is 1. The quantitative estimate of drug-likeness (QED) is 0.863. The molecule has 1 saturated carbocycles. The second-order valence-corrected chi connectivity index (χ2v) is 6.70. The van der Waals surface area contributed by atoms with E-state index in [0.29, 0.717) is 6.54 Å². The molecule has 5 heteroatoms. The molecule has 0 heterocycles. The van der Waals surface area contributed by atoms with Gasteiger partial charge in [-0.15, -0.1) is 0 Å². The first-order valence-electron chi connectivity index (χ1n) is 5.52. The Morgan fingerprint density at radius 1 is 1.29 bits per heavy atom. The zero-order valence-corrected chi connectivity index (χ0v) is 10.8. The molecule has 0 saturated heterocycles. The maximum atomic E-state index is 11.6. The number of hydrogen-bond acceptors (Lipinski definition) is 4.